The topological polar surface area (TPSA) is 35.5 Å². The minimum Gasteiger partial charge on any atom is -0.410 e. The number of hydrogen-bond donors (Lipinski definition) is 0. The highest BCUT2D eigenvalue weighted by Crippen LogP contribution is 2.59. The fourth-order valence-electron chi connectivity index (χ4n) is 6.09. The van der Waals surface area contributed by atoms with Crippen molar-refractivity contribution in [3.05, 3.63) is 0 Å². The number of carbonyl (C=O) groups excluding carboxylic acids is 1. The normalized spacial score (nSPS) is 29.9. The summed E-state index contributed by atoms with van der Waals surface area (Å²) in [7, 11) is -1.62. The van der Waals surface area contributed by atoms with Gasteiger partial charge in [-0.15, -0.1) is 0 Å². The molecule has 0 radical (unpaired) electrons. The molecule has 0 aliphatic heterocycles. The summed E-state index contributed by atoms with van der Waals surface area (Å²) in [5, 5.41) is 0. The third kappa shape index (κ3) is 5.05. The predicted octanol–water partition coefficient (Wildman–Crippen LogP) is 6.23. The molecule has 2 aliphatic carbocycles. The van der Waals surface area contributed by atoms with Gasteiger partial charge in [0.1, 0.15) is 5.78 Å². The standard InChI is InChI=1S/C23H44O3Si/c1-9-23(10-2,26-27(6,7)8)17-25-16-21(3,4)20-14-13-18-19(24)12-11-15-22(18,20)5/h18,20H,9-17H2,1-8H3/t18?,20-,22?/m1/s1. The van der Waals surface area contributed by atoms with Crippen LogP contribution in [0.5, 0.6) is 0 Å². The summed E-state index contributed by atoms with van der Waals surface area (Å²) in [4.78, 5) is 12.5. The third-order valence-corrected chi connectivity index (χ3v) is 8.50. The summed E-state index contributed by atoms with van der Waals surface area (Å²) >= 11 is 0. The molecule has 3 atom stereocenters. The van der Waals surface area contributed by atoms with E-state index >= 15 is 0 Å². The van der Waals surface area contributed by atoms with E-state index in [4.69, 9.17) is 9.16 Å². The first-order chi connectivity index (χ1) is 12.4. The van der Waals surface area contributed by atoms with Crippen molar-refractivity contribution < 1.29 is 14.0 Å². The van der Waals surface area contributed by atoms with Crippen LogP contribution >= 0.6 is 0 Å². The van der Waals surface area contributed by atoms with E-state index in [0.29, 0.717) is 18.3 Å². The maximum absolute atomic E-state index is 12.5. The predicted molar refractivity (Wildman–Crippen MR) is 116 cm³/mol. The highest BCUT2D eigenvalue weighted by atomic mass is 28.4. The Morgan fingerprint density at radius 3 is 2.30 bits per heavy atom. The molecule has 2 rings (SSSR count). The van der Waals surface area contributed by atoms with Crippen molar-refractivity contribution in [3.63, 3.8) is 0 Å². The van der Waals surface area contributed by atoms with Crippen LogP contribution in [0.4, 0.5) is 0 Å². The van der Waals surface area contributed by atoms with Gasteiger partial charge in [-0.2, -0.15) is 0 Å². The zero-order valence-electron chi connectivity index (χ0n) is 19.2. The van der Waals surface area contributed by atoms with Crippen molar-refractivity contribution in [3.8, 4) is 0 Å². The number of hydrogen-bond acceptors (Lipinski definition) is 3. The molecule has 2 saturated carbocycles. The van der Waals surface area contributed by atoms with Crippen molar-refractivity contribution in [1.82, 2.24) is 0 Å². The van der Waals surface area contributed by atoms with Crippen molar-refractivity contribution >= 4 is 14.1 Å². The quantitative estimate of drug-likeness (QED) is 0.434. The molecule has 158 valence electrons. The van der Waals surface area contributed by atoms with E-state index in [9.17, 15) is 4.79 Å². The molecule has 2 fully saturated rings. The van der Waals surface area contributed by atoms with Gasteiger partial charge in [-0.05, 0) is 74.9 Å². The average Bonchev–Trinajstić information content (AvgIpc) is 2.92. The van der Waals surface area contributed by atoms with Crippen molar-refractivity contribution in [1.29, 1.82) is 0 Å². The first kappa shape index (κ1) is 23.1. The van der Waals surface area contributed by atoms with Crippen LogP contribution in [0.2, 0.25) is 19.6 Å². The van der Waals surface area contributed by atoms with Gasteiger partial charge in [-0.25, -0.2) is 0 Å². The van der Waals surface area contributed by atoms with Crippen LogP contribution in [0, 0.1) is 22.7 Å². The van der Waals surface area contributed by atoms with Gasteiger partial charge in [-0.1, -0.05) is 34.6 Å². The molecular weight excluding hydrogens is 352 g/mol. The number of ketones is 1. The van der Waals surface area contributed by atoms with Gasteiger partial charge in [0.15, 0.2) is 8.32 Å². The van der Waals surface area contributed by atoms with Gasteiger partial charge in [0.25, 0.3) is 0 Å². The van der Waals surface area contributed by atoms with Gasteiger partial charge in [0.2, 0.25) is 0 Å². The summed E-state index contributed by atoms with van der Waals surface area (Å²) in [5.74, 6) is 1.37. The SMILES string of the molecule is CCC(CC)(COCC(C)(C)[C@H]1CCC2C(=O)CCCC21C)O[Si](C)(C)C. The lowest BCUT2D eigenvalue weighted by Crippen LogP contribution is -2.47. The lowest BCUT2D eigenvalue weighted by Gasteiger charge is -2.47. The van der Waals surface area contributed by atoms with Gasteiger partial charge in [0, 0.05) is 12.3 Å². The molecule has 0 N–H and O–H groups in total. The number of rotatable bonds is 9. The van der Waals surface area contributed by atoms with Crippen LogP contribution in [-0.2, 0) is 14.0 Å². The Morgan fingerprint density at radius 1 is 1.11 bits per heavy atom. The van der Waals surface area contributed by atoms with E-state index in [0.717, 1.165) is 38.7 Å². The van der Waals surface area contributed by atoms with Gasteiger partial charge in [0.05, 0.1) is 18.8 Å². The van der Waals surface area contributed by atoms with E-state index in [1.54, 1.807) is 0 Å². The van der Waals surface area contributed by atoms with Crippen LogP contribution in [-0.4, -0.2) is 32.9 Å². The monoisotopic (exact) mass is 396 g/mol. The molecule has 3 nitrogen and oxygen atoms in total. The molecular formula is C23H44O3Si. The van der Waals surface area contributed by atoms with Crippen molar-refractivity contribution in [2.24, 2.45) is 22.7 Å². The maximum Gasteiger partial charge on any atom is 0.184 e. The van der Waals surface area contributed by atoms with Crippen LogP contribution < -0.4 is 0 Å². The molecule has 2 aliphatic rings. The smallest absolute Gasteiger partial charge is 0.184 e. The molecule has 0 bridgehead atoms. The summed E-state index contributed by atoms with van der Waals surface area (Å²) in [5.41, 5.74) is 0.112. The summed E-state index contributed by atoms with van der Waals surface area (Å²) in [6, 6.07) is 0. The molecule has 2 unspecified atom stereocenters. The third-order valence-electron chi connectivity index (χ3n) is 7.46. The summed E-state index contributed by atoms with van der Waals surface area (Å²) in [6.45, 7) is 19.7. The fraction of sp³-hybridized carbons (Fsp3) is 0.957. The van der Waals surface area contributed by atoms with Crippen LogP contribution in [0.25, 0.3) is 0 Å². The Hall–Kier alpha value is -0.193. The first-order valence-corrected chi connectivity index (χ1v) is 14.6. The Kier molecular flexibility index (Phi) is 7.08. The summed E-state index contributed by atoms with van der Waals surface area (Å²) in [6.07, 6.45) is 7.30. The Labute approximate surface area is 169 Å². The van der Waals surface area contributed by atoms with E-state index < -0.39 is 8.32 Å². The molecule has 0 aromatic carbocycles. The second-order valence-electron chi connectivity index (χ2n) is 11.1. The molecule has 27 heavy (non-hydrogen) atoms. The molecule has 4 heteroatoms. The lowest BCUT2D eigenvalue weighted by atomic mass is 9.58. The van der Waals surface area contributed by atoms with Crippen molar-refractivity contribution in [2.45, 2.75) is 105 Å². The zero-order valence-corrected chi connectivity index (χ0v) is 20.2. The number of ether oxygens (including phenoxy) is 1. The summed E-state index contributed by atoms with van der Waals surface area (Å²) < 4.78 is 12.9. The van der Waals surface area contributed by atoms with Crippen LogP contribution in [0.3, 0.4) is 0 Å². The fourth-order valence-corrected chi connectivity index (χ4v) is 7.74. The number of Topliss-reactive ketones (excluding diaryl/α,β-unsaturated/α-hetero) is 1. The molecule has 0 saturated heterocycles. The van der Waals surface area contributed by atoms with E-state index in [1.165, 1.54) is 12.8 Å². The van der Waals surface area contributed by atoms with E-state index in [-0.39, 0.29) is 22.3 Å². The Morgan fingerprint density at radius 2 is 1.74 bits per heavy atom. The largest absolute Gasteiger partial charge is 0.410 e. The first-order valence-electron chi connectivity index (χ1n) is 11.2. The lowest BCUT2D eigenvalue weighted by molar-refractivity contribution is -0.132. The number of fused-ring (bicyclic) bond motifs is 1. The van der Waals surface area contributed by atoms with Crippen LogP contribution in [0.1, 0.15) is 79.6 Å². The molecule has 0 spiro atoms. The second-order valence-corrected chi connectivity index (χ2v) is 15.5. The minimum atomic E-state index is -1.62. The average molecular weight is 397 g/mol. The molecule has 0 heterocycles. The van der Waals surface area contributed by atoms with Gasteiger partial charge >= 0.3 is 0 Å². The van der Waals surface area contributed by atoms with Gasteiger partial charge < -0.3 is 9.16 Å². The highest BCUT2D eigenvalue weighted by Gasteiger charge is 2.55. The molecule has 0 aromatic rings. The highest BCUT2D eigenvalue weighted by molar-refractivity contribution is 6.69. The second kappa shape index (κ2) is 8.28. The van der Waals surface area contributed by atoms with Crippen molar-refractivity contribution in [2.75, 3.05) is 13.2 Å². The molecule has 0 amide bonds. The van der Waals surface area contributed by atoms with Gasteiger partial charge in [-0.3, -0.25) is 4.79 Å². The van der Waals surface area contributed by atoms with Crippen LogP contribution in [0.15, 0.2) is 0 Å². The molecule has 0 aromatic heterocycles. The zero-order chi connectivity index (χ0) is 20.5. The van der Waals surface area contributed by atoms with E-state index in [1.807, 2.05) is 0 Å². The number of carbonyl (C=O) groups is 1. The minimum absolute atomic E-state index is 0.0908. The Balaban J connectivity index is 2.03. The Bertz CT molecular complexity index is 518. The van der Waals surface area contributed by atoms with E-state index in [2.05, 4.69) is 54.3 Å². The maximum atomic E-state index is 12.5.